The molecule has 2 aliphatic heterocycles. The summed E-state index contributed by atoms with van der Waals surface area (Å²) in [6.45, 7) is 3.15. The average Bonchev–Trinajstić information content (AvgIpc) is 2.88. The highest BCUT2D eigenvalue weighted by Crippen LogP contribution is 2.39. The predicted molar refractivity (Wildman–Crippen MR) is 139 cm³/mol. The normalized spacial score (nSPS) is 23.8. The summed E-state index contributed by atoms with van der Waals surface area (Å²) >= 11 is 4.33. The Bertz CT molecular complexity index is 1210. The number of hydrogen-bond acceptors (Lipinski definition) is 8. The smallest absolute Gasteiger partial charge is 0.394 e. The van der Waals surface area contributed by atoms with Gasteiger partial charge in [0.25, 0.3) is 0 Å². The highest BCUT2D eigenvalue weighted by molar-refractivity contribution is 7.90. The lowest BCUT2D eigenvalue weighted by Gasteiger charge is -2.45. The fraction of sp³-hybridized carbons (Fsp3) is 0.520. The summed E-state index contributed by atoms with van der Waals surface area (Å²) in [4.78, 5) is 4.53. The van der Waals surface area contributed by atoms with Crippen LogP contribution >= 0.6 is 12.6 Å². The van der Waals surface area contributed by atoms with Crippen LogP contribution in [0.15, 0.2) is 58.3 Å². The zero-order valence-electron chi connectivity index (χ0n) is 20.9. The fourth-order valence-corrected chi connectivity index (χ4v) is 6.91. The Morgan fingerprint density at radius 1 is 1.05 bits per heavy atom. The average molecular weight is 576 g/mol. The van der Waals surface area contributed by atoms with Crippen LogP contribution in [0.25, 0.3) is 0 Å². The summed E-state index contributed by atoms with van der Waals surface area (Å²) in [5, 5.41) is 19.6. The summed E-state index contributed by atoms with van der Waals surface area (Å²) in [6, 6.07) is 11.7. The first-order valence-electron chi connectivity index (χ1n) is 12.2. The van der Waals surface area contributed by atoms with E-state index in [9.17, 15) is 31.8 Å². The van der Waals surface area contributed by atoms with E-state index in [2.05, 4.69) is 17.5 Å². The number of nitrogens with zero attached hydrogens (tertiary/aromatic N) is 3. The van der Waals surface area contributed by atoms with Crippen molar-refractivity contribution >= 4 is 28.3 Å². The fourth-order valence-electron chi connectivity index (χ4n) is 4.85. The lowest BCUT2D eigenvalue weighted by atomic mass is 9.95. The van der Waals surface area contributed by atoms with Gasteiger partial charge in [0, 0.05) is 49.9 Å². The first-order valence-corrected chi connectivity index (χ1v) is 14.1. The van der Waals surface area contributed by atoms with E-state index in [0.717, 1.165) is 0 Å². The number of anilines is 1. The van der Waals surface area contributed by atoms with Gasteiger partial charge >= 0.3 is 6.18 Å². The number of sulfonamides is 1. The van der Waals surface area contributed by atoms with Crippen molar-refractivity contribution in [2.45, 2.75) is 40.6 Å². The van der Waals surface area contributed by atoms with Crippen molar-refractivity contribution in [1.82, 2.24) is 9.21 Å². The molecule has 0 radical (unpaired) electrons. The van der Waals surface area contributed by atoms with Crippen LogP contribution < -0.4 is 4.90 Å². The van der Waals surface area contributed by atoms with Crippen LogP contribution in [0.2, 0.25) is 0 Å². The third-order valence-corrected chi connectivity index (χ3v) is 9.60. The Morgan fingerprint density at radius 2 is 1.74 bits per heavy atom. The number of aliphatic hydroxyl groups excluding tert-OH is 1. The highest BCUT2D eigenvalue weighted by Gasteiger charge is 2.51. The second kappa shape index (κ2) is 11.3. The summed E-state index contributed by atoms with van der Waals surface area (Å²) in [5.74, 6) is 0. The van der Waals surface area contributed by atoms with E-state index in [1.165, 1.54) is 34.6 Å². The molecule has 2 saturated heterocycles. The van der Waals surface area contributed by atoms with E-state index in [0.29, 0.717) is 50.3 Å². The molecule has 2 N–H and O–H groups in total. The largest absolute Gasteiger partial charge is 0.421 e. The quantitative estimate of drug-likeness (QED) is 0.437. The molecule has 2 aromatic rings. The molecule has 2 heterocycles. The van der Waals surface area contributed by atoms with Crippen molar-refractivity contribution in [3.63, 3.8) is 0 Å². The molecule has 0 bridgehead atoms. The van der Waals surface area contributed by atoms with Crippen LogP contribution in [0.3, 0.4) is 0 Å². The van der Waals surface area contributed by atoms with Gasteiger partial charge in [0.15, 0.2) is 5.60 Å². The SMILES string of the molecule is C[C@@](O)(c1ccc(N2CCN(S(=O)(=O)c3ccccc3S)C[C@H]2CN2CCO[C@H](CO)C2)cc1)C(F)(F)F. The van der Waals surface area contributed by atoms with Gasteiger partial charge in [0.1, 0.15) is 0 Å². The van der Waals surface area contributed by atoms with Crippen LogP contribution in [0.5, 0.6) is 0 Å². The van der Waals surface area contributed by atoms with Crippen LogP contribution in [-0.2, 0) is 20.4 Å². The monoisotopic (exact) mass is 575 g/mol. The maximum atomic E-state index is 13.5. The van der Waals surface area contributed by atoms with Crippen molar-refractivity contribution < 1.29 is 36.5 Å². The van der Waals surface area contributed by atoms with Crippen molar-refractivity contribution in [2.24, 2.45) is 0 Å². The number of hydrogen-bond donors (Lipinski definition) is 3. The molecule has 8 nitrogen and oxygen atoms in total. The molecule has 13 heteroatoms. The van der Waals surface area contributed by atoms with Gasteiger partial charge < -0.3 is 19.8 Å². The Labute approximate surface area is 226 Å². The molecule has 3 atom stereocenters. The molecule has 0 unspecified atom stereocenters. The van der Waals surface area contributed by atoms with Gasteiger partial charge in [-0.25, -0.2) is 8.42 Å². The van der Waals surface area contributed by atoms with Gasteiger partial charge in [-0.1, -0.05) is 24.3 Å². The minimum atomic E-state index is -4.83. The molecule has 2 aliphatic rings. The Hall–Kier alpha value is -1.87. The zero-order valence-corrected chi connectivity index (χ0v) is 22.6. The molecule has 0 aromatic heterocycles. The molecule has 4 rings (SSSR count). The molecule has 2 aromatic carbocycles. The number of aliphatic hydroxyl groups is 2. The van der Waals surface area contributed by atoms with Crippen molar-refractivity contribution in [3.05, 3.63) is 54.1 Å². The standard InChI is InChI=1S/C25H32F3N3O5S2/c1-24(33,25(26,27)28)18-6-8-19(9-7-18)31-11-10-30(38(34,35)23-5-3-2-4-22(23)37)15-20(31)14-29-12-13-36-21(16-29)17-32/h2-9,20-21,32-33,37H,10-17H2,1H3/t20-,21+,24-/m1/s1. The summed E-state index contributed by atoms with van der Waals surface area (Å²) in [7, 11) is -3.84. The number of thiol groups is 1. The van der Waals surface area contributed by atoms with E-state index in [1.807, 2.05) is 4.90 Å². The van der Waals surface area contributed by atoms with E-state index in [1.54, 1.807) is 18.2 Å². The number of alkyl halides is 3. The van der Waals surface area contributed by atoms with Crippen LogP contribution in [-0.4, -0.2) is 98.6 Å². The minimum absolute atomic E-state index is 0.112. The molecular weight excluding hydrogens is 543 g/mol. The molecule has 210 valence electrons. The molecular formula is C25H32F3N3O5S2. The first-order chi connectivity index (χ1) is 17.8. The van der Waals surface area contributed by atoms with E-state index < -0.39 is 21.8 Å². The number of halogens is 3. The van der Waals surface area contributed by atoms with Crippen molar-refractivity contribution in [3.8, 4) is 0 Å². The topological polar surface area (TPSA) is 93.6 Å². The van der Waals surface area contributed by atoms with E-state index in [-0.39, 0.29) is 42.3 Å². The van der Waals surface area contributed by atoms with Crippen LogP contribution in [0, 0.1) is 0 Å². The van der Waals surface area contributed by atoms with Gasteiger partial charge in [-0.3, -0.25) is 4.90 Å². The Kier molecular flexibility index (Phi) is 8.67. The summed E-state index contributed by atoms with van der Waals surface area (Å²) in [5.41, 5.74) is -2.66. The van der Waals surface area contributed by atoms with Crippen LogP contribution in [0.4, 0.5) is 18.9 Å². The number of piperazine rings is 1. The Morgan fingerprint density at radius 3 is 2.37 bits per heavy atom. The molecule has 38 heavy (non-hydrogen) atoms. The first kappa shape index (κ1) is 29.1. The lowest BCUT2D eigenvalue weighted by Crippen LogP contribution is -2.59. The number of ether oxygens (including phenoxy) is 1. The second-order valence-electron chi connectivity index (χ2n) is 9.73. The number of benzene rings is 2. The number of morpholine rings is 1. The van der Waals surface area contributed by atoms with Gasteiger partial charge in [0.05, 0.1) is 30.3 Å². The molecule has 0 saturated carbocycles. The van der Waals surface area contributed by atoms with Crippen molar-refractivity contribution in [1.29, 1.82) is 0 Å². The second-order valence-corrected chi connectivity index (χ2v) is 12.1. The van der Waals surface area contributed by atoms with Gasteiger partial charge in [-0.2, -0.15) is 17.5 Å². The molecule has 0 aliphatic carbocycles. The van der Waals surface area contributed by atoms with Crippen molar-refractivity contribution in [2.75, 3.05) is 57.4 Å². The van der Waals surface area contributed by atoms with Gasteiger partial charge in [-0.15, -0.1) is 12.6 Å². The summed E-state index contributed by atoms with van der Waals surface area (Å²) in [6.07, 6.45) is -5.18. The van der Waals surface area contributed by atoms with E-state index >= 15 is 0 Å². The summed E-state index contributed by atoms with van der Waals surface area (Å²) < 4.78 is 73.9. The third kappa shape index (κ3) is 5.98. The minimum Gasteiger partial charge on any atom is -0.394 e. The molecule has 0 amide bonds. The van der Waals surface area contributed by atoms with E-state index in [4.69, 9.17) is 4.74 Å². The maximum Gasteiger partial charge on any atom is 0.421 e. The highest BCUT2D eigenvalue weighted by atomic mass is 32.2. The maximum absolute atomic E-state index is 13.5. The van der Waals surface area contributed by atoms with Crippen LogP contribution in [0.1, 0.15) is 12.5 Å². The van der Waals surface area contributed by atoms with Gasteiger partial charge in [-0.05, 0) is 36.8 Å². The lowest BCUT2D eigenvalue weighted by molar-refractivity contribution is -0.258. The molecule has 2 fully saturated rings. The van der Waals surface area contributed by atoms with Gasteiger partial charge in [0.2, 0.25) is 10.0 Å². The predicted octanol–water partition coefficient (Wildman–Crippen LogP) is 2.32. The Balaban J connectivity index is 1.61. The molecule has 0 spiro atoms. The third-order valence-electron chi connectivity index (χ3n) is 7.14. The number of rotatable bonds is 7. The zero-order chi connectivity index (χ0) is 27.7.